The van der Waals surface area contributed by atoms with Crippen molar-refractivity contribution >= 4 is 17.8 Å². The molecule has 1 heterocycles. The van der Waals surface area contributed by atoms with E-state index in [0.717, 1.165) is 0 Å². The average Bonchev–Trinajstić information content (AvgIpc) is 3.06. The molecule has 0 aliphatic rings. The Balaban J connectivity index is 2.17. The lowest BCUT2D eigenvalue weighted by Gasteiger charge is -2.10. The molecule has 0 unspecified atom stereocenters. The van der Waals surface area contributed by atoms with E-state index in [1.54, 1.807) is 5.32 Å². The molecule has 1 aromatic heterocycles. The number of esters is 1. The summed E-state index contributed by atoms with van der Waals surface area (Å²) in [5.41, 5.74) is 6.06. The maximum Gasteiger partial charge on any atom is 0.405 e. The van der Waals surface area contributed by atoms with Crippen molar-refractivity contribution in [2.45, 2.75) is 25.9 Å². The van der Waals surface area contributed by atoms with E-state index >= 15 is 0 Å². The topological polar surface area (TPSA) is 129 Å². The molecule has 0 fully saturated rings. The van der Waals surface area contributed by atoms with Crippen LogP contribution in [0.1, 0.15) is 39.9 Å². The third-order valence-corrected chi connectivity index (χ3v) is 3.68. The van der Waals surface area contributed by atoms with Gasteiger partial charge in [0, 0.05) is 12.5 Å². The summed E-state index contributed by atoms with van der Waals surface area (Å²) >= 11 is 0. The van der Waals surface area contributed by atoms with Gasteiger partial charge in [0.1, 0.15) is 6.54 Å². The third-order valence-electron chi connectivity index (χ3n) is 3.68. The van der Waals surface area contributed by atoms with E-state index in [0.29, 0.717) is 17.8 Å². The molecule has 3 N–H and O–H groups in total. The number of hydrogen-bond acceptors (Lipinski definition) is 6. The molecule has 0 radical (unpaired) electrons. The summed E-state index contributed by atoms with van der Waals surface area (Å²) in [5, 5.41) is 9.39. The number of alkyl halides is 3. The molecule has 12 heteroatoms. The van der Waals surface area contributed by atoms with E-state index in [-0.39, 0.29) is 24.3 Å². The second kappa shape index (κ2) is 9.17. The van der Waals surface area contributed by atoms with E-state index in [2.05, 4.69) is 10.3 Å². The SMILES string of the molecule is CC(=O)OCCCc1c(C(N)=O)nnn1-c1ccc(C(=O)NCC(F)(F)F)cc1. The Bertz CT molecular complexity index is 893. The van der Waals surface area contributed by atoms with E-state index in [4.69, 9.17) is 10.5 Å². The Morgan fingerprint density at radius 2 is 1.86 bits per heavy atom. The largest absolute Gasteiger partial charge is 0.466 e. The molecule has 29 heavy (non-hydrogen) atoms. The molecule has 2 aromatic rings. The predicted octanol–water partition coefficient (Wildman–Crippen LogP) is 1.15. The van der Waals surface area contributed by atoms with Crippen LogP contribution in [0.5, 0.6) is 0 Å². The highest BCUT2D eigenvalue weighted by molar-refractivity contribution is 5.94. The monoisotopic (exact) mass is 413 g/mol. The van der Waals surface area contributed by atoms with Crippen molar-refractivity contribution in [3.63, 3.8) is 0 Å². The molecular weight excluding hydrogens is 395 g/mol. The minimum Gasteiger partial charge on any atom is -0.466 e. The number of nitrogens with two attached hydrogens (primary N) is 1. The Morgan fingerprint density at radius 1 is 1.21 bits per heavy atom. The van der Waals surface area contributed by atoms with E-state index < -0.39 is 30.5 Å². The highest BCUT2D eigenvalue weighted by Crippen LogP contribution is 2.17. The number of nitrogens with zero attached hydrogens (tertiary/aromatic N) is 3. The lowest BCUT2D eigenvalue weighted by Crippen LogP contribution is -2.33. The van der Waals surface area contributed by atoms with Crippen molar-refractivity contribution < 1.29 is 32.3 Å². The number of benzene rings is 1. The van der Waals surface area contributed by atoms with Crippen LogP contribution in [0, 0.1) is 0 Å². The Morgan fingerprint density at radius 3 is 2.41 bits per heavy atom. The van der Waals surface area contributed by atoms with Crippen LogP contribution in [0.25, 0.3) is 5.69 Å². The van der Waals surface area contributed by atoms with Crippen LogP contribution in [0.3, 0.4) is 0 Å². The van der Waals surface area contributed by atoms with Gasteiger partial charge in [0.25, 0.3) is 11.8 Å². The number of carbonyl (C=O) groups is 3. The van der Waals surface area contributed by atoms with Crippen molar-refractivity contribution in [2.75, 3.05) is 13.2 Å². The molecule has 2 amide bonds. The minimum absolute atomic E-state index is 0.0182. The molecular formula is C17H18F3N5O4. The zero-order valence-electron chi connectivity index (χ0n) is 15.3. The van der Waals surface area contributed by atoms with E-state index in [1.165, 1.54) is 35.9 Å². The number of halogens is 3. The first kappa shape index (κ1) is 21.9. The lowest BCUT2D eigenvalue weighted by molar-refractivity contribution is -0.141. The van der Waals surface area contributed by atoms with Gasteiger partial charge in [-0.2, -0.15) is 13.2 Å². The van der Waals surface area contributed by atoms with Crippen LogP contribution >= 0.6 is 0 Å². The van der Waals surface area contributed by atoms with Crippen molar-refractivity contribution in [1.29, 1.82) is 0 Å². The molecule has 0 saturated heterocycles. The van der Waals surface area contributed by atoms with Crippen LogP contribution in [-0.4, -0.2) is 52.1 Å². The van der Waals surface area contributed by atoms with Crippen molar-refractivity contribution in [3.05, 3.63) is 41.2 Å². The highest BCUT2D eigenvalue weighted by atomic mass is 19.4. The second-order valence-corrected chi connectivity index (χ2v) is 5.95. The summed E-state index contributed by atoms with van der Waals surface area (Å²) in [5.74, 6) is -2.11. The van der Waals surface area contributed by atoms with Gasteiger partial charge in [-0.25, -0.2) is 4.68 Å². The number of ether oxygens (including phenoxy) is 1. The number of carbonyl (C=O) groups excluding carboxylic acids is 3. The van der Waals surface area contributed by atoms with Gasteiger partial charge in [0.05, 0.1) is 18.0 Å². The molecule has 0 atom stereocenters. The summed E-state index contributed by atoms with van der Waals surface area (Å²) in [6, 6.07) is 5.51. The second-order valence-electron chi connectivity index (χ2n) is 5.95. The van der Waals surface area contributed by atoms with Crippen molar-refractivity contribution in [1.82, 2.24) is 20.3 Å². The van der Waals surface area contributed by atoms with E-state index in [1.807, 2.05) is 0 Å². The summed E-state index contributed by atoms with van der Waals surface area (Å²) in [7, 11) is 0. The van der Waals surface area contributed by atoms with Gasteiger partial charge in [0.15, 0.2) is 5.69 Å². The molecule has 0 aliphatic carbocycles. The minimum atomic E-state index is -4.51. The first-order chi connectivity index (χ1) is 13.6. The van der Waals surface area contributed by atoms with Gasteiger partial charge in [-0.05, 0) is 37.1 Å². The molecule has 156 valence electrons. The predicted molar refractivity (Wildman–Crippen MR) is 93.2 cm³/mol. The molecule has 0 aliphatic heterocycles. The van der Waals surface area contributed by atoms with Crippen LogP contribution in [0.15, 0.2) is 24.3 Å². The molecule has 0 spiro atoms. The van der Waals surface area contributed by atoms with Crippen LogP contribution in [0.2, 0.25) is 0 Å². The van der Waals surface area contributed by atoms with Gasteiger partial charge in [-0.15, -0.1) is 5.10 Å². The summed E-state index contributed by atoms with van der Waals surface area (Å²) in [6.07, 6.45) is -3.86. The Hall–Kier alpha value is -3.44. The molecule has 2 rings (SSSR count). The van der Waals surface area contributed by atoms with Crippen LogP contribution in [-0.2, 0) is 16.0 Å². The molecule has 0 saturated carbocycles. The quantitative estimate of drug-likeness (QED) is 0.493. The van der Waals surface area contributed by atoms with Crippen LogP contribution < -0.4 is 11.1 Å². The summed E-state index contributed by atoms with van der Waals surface area (Å²) in [6.45, 7) is -0.0464. The van der Waals surface area contributed by atoms with Gasteiger partial charge < -0.3 is 15.8 Å². The van der Waals surface area contributed by atoms with Gasteiger partial charge in [-0.1, -0.05) is 5.21 Å². The third kappa shape index (κ3) is 6.30. The number of aromatic nitrogens is 3. The molecule has 9 nitrogen and oxygen atoms in total. The first-order valence-electron chi connectivity index (χ1n) is 8.41. The first-order valence-corrected chi connectivity index (χ1v) is 8.41. The summed E-state index contributed by atoms with van der Waals surface area (Å²) < 4.78 is 42.8. The number of nitrogens with one attached hydrogen (secondary N) is 1. The Kier molecular flexibility index (Phi) is 6.91. The van der Waals surface area contributed by atoms with Gasteiger partial charge >= 0.3 is 12.1 Å². The van der Waals surface area contributed by atoms with Crippen LogP contribution in [0.4, 0.5) is 13.2 Å². The number of primary amides is 1. The fourth-order valence-corrected chi connectivity index (χ4v) is 2.42. The maximum absolute atomic E-state index is 12.2. The average molecular weight is 413 g/mol. The number of rotatable bonds is 8. The van der Waals surface area contributed by atoms with E-state index in [9.17, 15) is 27.6 Å². The fraction of sp³-hybridized carbons (Fsp3) is 0.353. The van der Waals surface area contributed by atoms with Gasteiger partial charge in [0.2, 0.25) is 0 Å². The van der Waals surface area contributed by atoms with Crippen molar-refractivity contribution in [2.24, 2.45) is 5.73 Å². The number of amides is 2. The van der Waals surface area contributed by atoms with Gasteiger partial charge in [-0.3, -0.25) is 14.4 Å². The zero-order valence-corrected chi connectivity index (χ0v) is 15.3. The normalized spacial score (nSPS) is 11.2. The maximum atomic E-state index is 12.2. The lowest BCUT2D eigenvalue weighted by atomic mass is 10.1. The highest BCUT2D eigenvalue weighted by Gasteiger charge is 2.28. The fourth-order valence-electron chi connectivity index (χ4n) is 2.42. The Labute approximate surface area is 163 Å². The smallest absolute Gasteiger partial charge is 0.405 e. The molecule has 1 aromatic carbocycles. The standard InChI is InChI=1S/C17H18F3N5O4/c1-10(26)29-8-2-3-13-14(15(21)27)23-24-25(13)12-6-4-11(5-7-12)16(28)22-9-17(18,19)20/h4-7H,2-3,8-9H2,1H3,(H2,21,27)(H,22,28). The van der Waals surface area contributed by atoms with Crippen molar-refractivity contribution in [3.8, 4) is 5.69 Å². The summed E-state index contributed by atoms with van der Waals surface area (Å²) in [4.78, 5) is 34.2. The number of hydrogen-bond donors (Lipinski definition) is 2. The zero-order chi connectivity index (χ0) is 21.6. The molecule has 0 bridgehead atoms.